The van der Waals surface area contributed by atoms with Gasteiger partial charge in [0.15, 0.2) is 0 Å². The molecule has 5 nitrogen and oxygen atoms in total. The molecule has 0 radical (unpaired) electrons. The molecule has 3 rings (SSSR count). The number of carbonyl (C=O) groups is 2. The monoisotopic (exact) mass is 379 g/mol. The number of hydrogen-bond donors (Lipinski definition) is 2. The molecule has 0 saturated carbocycles. The first kappa shape index (κ1) is 18.8. The lowest BCUT2D eigenvalue weighted by molar-refractivity contribution is 0.102. The highest BCUT2D eigenvalue weighted by atomic mass is 32.1. The van der Waals surface area contributed by atoms with Gasteiger partial charge in [0.1, 0.15) is 5.00 Å². The van der Waals surface area contributed by atoms with E-state index in [9.17, 15) is 9.59 Å². The van der Waals surface area contributed by atoms with Crippen molar-refractivity contribution in [1.82, 2.24) is 4.98 Å². The molecule has 0 saturated heterocycles. The Hall–Kier alpha value is -2.99. The molecule has 2 N–H and O–H groups in total. The Balaban J connectivity index is 1.64. The molecule has 2 aromatic carbocycles. The van der Waals surface area contributed by atoms with E-state index in [0.717, 1.165) is 0 Å². The van der Waals surface area contributed by atoms with Crippen LogP contribution >= 0.6 is 11.3 Å². The summed E-state index contributed by atoms with van der Waals surface area (Å²) in [5.41, 5.74) is 4.61. The second-order valence-electron chi connectivity index (χ2n) is 7.18. The third-order valence-corrected chi connectivity index (χ3v) is 4.78. The van der Waals surface area contributed by atoms with E-state index in [1.165, 1.54) is 16.9 Å². The second-order valence-corrected chi connectivity index (χ2v) is 8.06. The van der Waals surface area contributed by atoms with E-state index < -0.39 is 0 Å². The molecule has 2 amide bonds. The van der Waals surface area contributed by atoms with Crippen LogP contribution in [0.5, 0.6) is 0 Å². The SMILES string of the molecule is CC(C)(C)c1ccc(C(=O)Nc2ccc(C(=O)Nc3cncs3)cc2)cc1. The Morgan fingerprint density at radius 1 is 0.852 bits per heavy atom. The van der Waals surface area contributed by atoms with E-state index >= 15 is 0 Å². The van der Waals surface area contributed by atoms with Crippen LogP contribution in [0, 0.1) is 0 Å². The summed E-state index contributed by atoms with van der Waals surface area (Å²) in [6.07, 6.45) is 1.60. The standard InChI is InChI=1S/C21H21N3O2S/c1-21(2,3)16-8-4-14(5-9-16)19(25)23-17-10-6-15(7-11-17)20(26)24-18-12-22-13-27-18/h4-13H,1-3H3,(H,23,25)(H,24,26). The molecule has 0 atom stereocenters. The average molecular weight is 379 g/mol. The molecule has 0 spiro atoms. The Morgan fingerprint density at radius 2 is 1.41 bits per heavy atom. The van der Waals surface area contributed by atoms with Gasteiger partial charge in [0.05, 0.1) is 11.7 Å². The van der Waals surface area contributed by atoms with Crippen LogP contribution in [-0.2, 0) is 5.41 Å². The number of benzene rings is 2. The van der Waals surface area contributed by atoms with Crippen molar-refractivity contribution in [2.24, 2.45) is 0 Å². The molecule has 6 heteroatoms. The zero-order valence-corrected chi connectivity index (χ0v) is 16.3. The molecular weight excluding hydrogens is 358 g/mol. The average Bonchev–Trinajstić information content (AvgIpc) is 3.14. The topological polar surface area (TPSA) is 71.1 Å². The number of thiazole rings is 1. The van der Waals surface area contributed by atoms with Crippen LogP contribution in [-0.4, -0.2) is 16.8 Å². The molecule has 3 aromatic rings. The molecule has 138 valence electrons. The van der Waals surface area contributed by atoms with Crippen molar-refractivity contribution < 1.29 is 9.59 Å². The number of anilines is 2. The normalized spacial score (nSPS) is 11.1. The maximum Gasteiger partial charge on any atom is 0.256 e. The van der Waals surface area contributed by atoms with Gasteiger partial charge < -0.3 is 10.6 Å². The summed E-state index contributed by atoms with van der Waals surface area (Å²) in [4.78, 5) is 28.5. The van der Waals surface area contributed by atoms with Crippen molar-refractivity contribution in [3.63, 3.8) is 0 Å². The first-order valence-electron chi connectivity index (χ1n) is 8.55. The van der Waals surface area contributed by atoms with Gasteiger partial charge in [0.2, 0.25) is 0 Å². The molecule has 27 heavy (non-hydrogen) atoms. The summed E-state index contributed by atoms with van der Waals surface area (Å²) in [5, 5.41) is 6.31. The second kappa shape index (κ2) is 7.72. The van der Waals surface area contributed by atoms with Crippen molar-refractivity contribution in [2.45, 2.75) is 26.2 Å². The van der Waals surface area contributed by atoms with E-state index in [2.05, 4.69) is 36.4 Å². The number of nitrogens with one attached hydrogen (secondary N) is 2. The molecule has 0 unspecified atom stereocenters. The molecule has 1 heterocycles. The van der Waals surface area contributed by atoms with Gasteiger partial charge in [-0.2, -0.15) is 0 Å². The Morgan fingerprint density at radius 3 is 1.93 bits per heavy atom. The third-order valence-electron chi connectivity index (χ3n) is 4.09. The summed E-state index contributed by atoms with van der Waals surface area (Å²) in [6, 6.07) is 14.4. The van der Waals surface area contributed by atoms with E-state index in [-0.39, 0.29) is 17.2 Å². The predicted molar refractivity (Wildman–Crippen MR) is 110 cm³/mol. The van der Waals surface area contributed by atoms with Gasteiger partial charge in [-0.3, -0.25) is 14.6 Å². The van der Waals surface area contributed by atoms with E-state index in [0.29, 0.717) is 21.8 Å². The van der Waals surface area contributed by atoms with Gasteiger partial charge in [-0.05, 0) is 47.4 Å². The zero-order valence-electron chi connectivity index (χ0n) is 15.4. The van der Waals surface area contributed by atoms with E-state index in [1.54, 1.807) is 36.0 Å². The number of carbonyl (C=O) groups excluding carboxylic acids is 2. The van der Waals surface area contributed by atoms with Gasteiger partial charge in [-0.15, -0.1) is 11.3 Å². The number of hydrogen-bond acceptors (Lipinski definition) is 4. The quantitative estimate of drug-likeness (QED) is 0.674. The lowest BCUT2D eigenvalue weighted by Gasteiger charge is -2.19. The van der Waals surface area contributed by atoms with Gasteiger partial charge in [0.25, 0.3) is 11.8 Å². The predicted octanol–water partition coefficient (Wildman–Crippen LogP) is 4.95. The van der Waals surface area contributed by atoms with Crippen molar-refractivity contribution in [3.05, 3.63) is 76.9 Å². The summed E-state index contributed by atoms with van der Waals surface area (Å²) in [6.45, 7) is 6.40. The largest absolute Gasteiger partial charge is 0.322 e. The highest BCUT2D eigenvalue weighted by Crippen LogP contribution is 2.22. The maximum absolute atomic E-state index is 12.4. The smallest absolute Gasteiger partial charge is 0.256 e. The fraction of sp³-hybridized carbons (Fsp3) is 0.190. The first-order chi connectivity index (χ1) is 12.8. The van der Waals surface area contributed by atoms with Crippen molar-refractivity contribution >= 4 is 33.8 Å². The fourth-order valence-electron chi connectivity index (χ4n) is 2.49. The zero-order chi connectivity index (χ0) is 19.4. The van der Waals surface area contributed by atoms with Crippen LogP contribution in [0.25, 0.3) is 0 Å². The van der Waals surface area contributed by atoms with Crippen LogP contribution in [0.1, 0.15) is 47.1 Å². The first-order valence-corrected chi connectivity index (χ1v) is 9.43. The van der Waals surface area contributed by atoms with Crippen LogP contribution < -0.4 is 10.6 Å². The molecular formula is C21H21N3O2S. The molecule has 0 aliphatic heterocycles. The maximum atomic E-state index is 12.4. The summed E-state index contributed by atoms with van der Waals surface area (Å²) in [7, 11) is 0. The summed E-state index contributed by atoms with van der Waals surface area (Å²) in [5.74, 6) is -0.396. The van der Waals surface area contributed by atoms with Crippen molar-refractivity contribution in [1.29, 1.82) is 0 Å². The number of nitrogens with zero attached hydrogens (tertiary/aromatic N) is 1. The Bertz CT molecular complexity index is 925. The number of rotatable bonds is 4. The van der Waals surface area contributed by atoms with Crippen LogP contribution in [0.15, 0.2) is 60.2 Å². The van der Waals surface area contributed by atoms with E-state index in [4.69, 9.17) is 0 Å². The molecule has 0 aliphatic rings. The van der Waals surface area contributed by atoms with Gasteiger partial charge in [0, 0.05) is 16.8 Å². The minimum absolute atomic E-state index is 0.0462. The van der Waals surface area contributed by atoms with Gasteiger partial charge in [-0.1, -0.05) is 32.9 Å². The lowest BCUT2D eigenvalue weighted by Crippen LogP contribution is -2.15. The molecule has 1 aromatic heterocycles. The minimum Gasteiger partial charge on any atom is -0.322 e. The van der Waals surface area contributed by atoms with Crippen LogP contribution in [0.4, 0.5) is 10.7 Å². The Labute approximate surface area is 162 Å². The number of aromatic nitrogens is 1. The minimum atomic E-state index is -0.213. The van der Waals surface area contributed by atoms with Gasteiger partial charge >= 0.3 is 0 Å². The van der Waals surface area contributed by atoms with Crippen molar-refractivity contribution in [3.8, 4) is 0 Å². The lowest BCUT2D eigenvalue weighted by atomic mass is 9.87. The molecule has 0 fully saturated rings. The molecule has 0 bridgehead atoms. The van der Waals surface area contributed by atoms with Gasteiger partial charge in [-0.25, -0.2) is 0 Å². The third kappa shape index (κ3) is 4.80. The highest BCUT2D eigenvalue weighted by molar-refractivity contribution is 7.14. The fourth-order valence-corrected chi connectivity index (χ4v) is 3.00. The summed E-state index contributed by atoms with van der Waals surface area (Å²) < 4.78 is 0. The van der Waals surface area contributed by atoms with E-state index in [1.807, 2.05) is 24.3 Å². The number of amides is 2. The molecule has 0 aliphatic carbocycles. The van der Waals surface area contributed by atoms with Crippen LogP contribution in [0.2, 0.25) is 0 Å². The Kier molecular flexibility index (Phi) is 5.37. The van der Waals surface area contributed by atoms with Crippen LogP contribution in [0.3, 0.4) is 0 Å². The van der Waals surface area contributed by atoms with Crippen molar-refractivity contribution in [2.75, 3.05) is 10.6 Å². The highest BCUT2D eigenvalue weighted by Gasteiger charge is 2.14. The summed E-state index contributed by atoms with van der Waals surface area (Å²) >= 11 is 1.36.